The second-order valence-corrected chi connectivity index (χ2v) is 3.35. The van der Waals surface area contributed by atoms with E-state index in [-0.39, 0.29) is 0 Å². The van der Waals surface area contributed by atoms with Crippen LogP contribution in [0.25, 0.3) is 0 Å². The van der Waals surface area contributed by atoms with Crippen LogP contribution >= 0.6 is 0 Å². The number of anilines is 1. The summed E-state index contributed by atoms with van der Waals surface area (Å²) in [5, 5.41) is 3.31. The lowest BCUT2D eigenvalue weighted by Gasteiger charge is -2.06. The van der Waals surface area contributed by atoms with Crippen LogP contribution in [0.2, 0.25) is 0 Å². The Kier molecular flexibility index (Phi) is 3.58. The van der Waals surface area contributed by atoms with Crippen LogP contribution in [0.15, 0.2) is 24.5 Å². The van der Waals surface area contributed by atoms with Gasteiger partial charge in [0.05, 0.1) is 5.69 Å². The van der Waals surface area contributed by atoms with Gasteiger partial charge in [0.1, 0.15) is 0 Å². The van der Waals surface area contributed by atoms with Crippen molar-refractivity contribution in [3.63, 3.8) is 0 Å². The van der Waals surface area contributed by atoms with E-state index < -0.39 is 0 Å². The predicted octanol–water partition coefficient (Wildman–Crippen LogP) is 2.54. The van der Waals surface area contributed by atoms with Gasteiger partial charge in [-0.05, 0) is 24.5 Å². The summed E-state index contributed by atoms with van der Waals surface area (Å²) in [7, 11) is 0. The lowest BCUT2D eigenvalue weighted by atomic mass is 10.1. The third-order valence-electron chi connectivity index (χ3n) is 1.71. The van der Waals surface area contributed by atoms with Gasteiger partial charge >= 0.3 is 0 Å². The fraction of sp³-hybridized carbons (Fsp3) is 0.500. The summed E-state index contributed by atoms with van der Waals surface area (Å²) in [6.07, 6.45) is 4.84. The van der Waals surface area contributed by atoms with Gasteiger partial charge in [-0.1, -0.05) is 13.8 Å². The van der Waals surface area contributed by atoms with Crippen LogP contribution in [0.1, 0.15) is 20.3 Å². The van der Waals surface area contributed by atoms with E-state index in [2.05, 4.69) is 24.1 Å². The number of hydrogen-bond donors (Lipinski definition) is 1. The topological polar surface area (TPSA) is 24.9 Å². The Bertz CT molecular complexity index is 206. The Labute approximate surface area is 74.0 Å². The third kappa shape index (κ3) is 3.37. The molecule has 0 saturated heterocycles. The van der Waals surface area contributed by atoms with Crippen LogP contribution in [0.4, 0.5) is 5.69 Å². The molecule has 66 valence electrons. The number of rotatable bonds is 4. The smallest absolute Gasteiger partial charge is 0.0526 e. The zero-order valence-corrected chi connectivity index (χ0v) is 7.75. The molecule has 0 amide bonds. The van der Waals surface area contributed by atoms with Gasteiger partial charge in [-0.3, -0.25) is 4.98 Å². The summed E-state index contributed by atoms with van der Waals surface area (Å²) in [5.41, 5.74) is 1.11. The van der Waals surface area contributed by atoms with Crippen molar-refractivity contribution in [3.8, 4) is 0 Å². The molecule has 1 aromatic heterocycles. The molecule has 0 spiro atoms. The fourth-order valence-electron chi connectivity index (χ4n) is 0.973. The van der Waals surface area contributed by atoms with Gasteiger partial charge in [0, 0.05) is 18.9 Å². The number of aromatic nitrogens is 1. The van der Waals surface area contributed by atoms with E-state index in [4.69, 9.17) is 0 Å². The summed E-state index contributed by atoms with van der Waals surface area (Å²) >= 11 is 0. The maximum absolute atomic E-state index is 4.02. The fourth-order valence-corrected chi connectivity index (χ4v) is 0.973. The molecule has 0 radical (unpaired) electrons. The molecular weight excluding hydrogens is 148 g/mol. The molecular formula is C10H16N2. The first-order chi connectivity index (χ1) is 5.79. The van der Waals surface area contributed by atoms with Gasteiger partial charge in [0.15, 0.2) is 0 Å². The average Bonchev–Trinajstić information content (AvgIpc) is 2.05. The molecule has 0 saturated carbocycles. The summed E-state index contributed by atoms with van der Waals surface area (Å²) in [5.74, 6) is 0.758. The van der Waals surface area contributed by atoms with Gasteiger partial charge in [-0.25, -0.2) is 0 Å². The Morgan fingerprint density at radius 1 is 1.50 bits per heavy atom. The first-order valence-electron chi connectivity index (χ1n) is 4.43. The van der Waals surface area contributed by atoms with Crippen molar-refractivity contribution in [3.05, 3.63) is 24.5 Å². The monoisotopic (exact) mass is 164 g/mol. The maximum atomic E-state index is 4.02. The largest absolute Gasteiger partial charge is 0.384 e. The molecule has 0 unspecified atom stereocenters. The molecule has 1 N–H and O–H groups in total. The van der Waals surface area contributed by atoms with E-state index in [1.54, 1.807) is 6.20 Å². The lowest BCUT2D eigenvalue weighted by Crippen LogP contribution is -2.04. The summed E-state index contributed by atoms with van der Waals surface area (Å²) < 4.78 is 0. The predicted molar refractivity (Wildman–Crippen MR) is 52.2 cm³/mol. The standard InChI is InChI=1S/C10H16N2/c1-9(2)5-7-12-10-4-3-6-11-8-10/h3-4,6,8-9,12H,5,7H2,1-2H3. The first kappa shape index (κ1) is 9.04. The zero-order chi connectivity index (χ0) is 8.81. The highest BCUT2D eigenvalue weighted by molar-refractivity contribution is 5.39. The second-order valence-electron chi connectivity index (χ2n) is 3.35. The molecule has 0 aliphatic heterocycles. The average molecular weight is 164 g/mol. The third-order valence-corrected chi connectivity index (χ3v) is 1.71. The summed E-state index contributed by atoms with van der Waals surface area (Å²) in [6, 6.07) is 3.98. The molecule has 1 aromatic rings. The Balaban J connectivity index is 2.25. The number of nitrogens with zero attached hydrogens (tertiary/aromatic N) is 1. The highest BCUT2D eigenvalue weighted by atomic mass is 14.9. The van der Waals surface area contributed by atoms with Crippen LogP contribution in [-0.2, 0) is 0 Å². The van der Waals surface area contributed by atoms with Crippen molar-refractivity contribution in [1.82, 2.24) is 4.98 Å². The minimum absolute atomic E-state index is 0.758. The Hall–Kier alpha value is -1.05. The molecule has 2 nitrogen and oxygen atoms in total. The van der Waals surface area contributed by atoms with E-state index in [9.17, 15) is 0 Å². The van der Waals surface area contributed by atoms with Crippen LogP contribution in [0.5, 0.6) is 0 Å². The molecule has 1 rings (SSSR count). The Morgan fingerprint density at radius 2 is 2.33 bits per heavy atom. The molecule has 2 heteroatoms. The molecule has 0 aliphatic rings. The number of hydrogen-bond acceptors (Lipinski definition) is 2. The van der Waals surface area contributed by atoms with E-state index in [1.807, 2.05) is 18.3 Å². The van der Waals surface area contributed by atoms with Crippen molar-refractivity contribution in [2.24, 2.45) is 5.92 Å². The van der Waals surface area contributed by atoms with Gasteiger partial charge in [0.2, 0.25) is 0 Å². The minimum atomic E-state index is 0.758. The number of nitrogens with one attached hydrogen (secondary N) is 1. The van der Waals surface area contributed by atoms with Gasteiger partial charge in [-0.2, -0.15) is 0 Å². The highest BCUT2D eigenvalue weighted by Gasteiger charge is 1.93. The zero-order valence-electron chi connectivity index (χ0n) is 7.75. The van der Waals surface area contributed by atoms with Crippen molar-refractivity contribution < 1.29 is 0 Å². The highest BCUT2D eigenvalue weighted by Crippen LogP contribution is 2.04. The normalized spacial score (nSPS) is 10.2. The molecule has 0 aromatic carbocycles. The van der Waals surface area contributed by atoms with Crippen LogP contribution in [0.3, 0.4) is 0 Å². The first-order valence-corrected chi connectivity index (χ1v) is 4.43. The molecule has 0 bridgehead atoms. The van der Waals surface area contributed by atoms with Crippen molar-refractivity contribution in [2.75, 3.05) is 11.9 Å². The summed E-state index contributed by atoms with van der Waals surface area (Å²) in [4.78, 5) is 4.02. The maximum Gasteiger partial charge on any atom is 0.0526 e. The number of pyridine rings is 1. The van der Waals surface area contributed by atoms with Gasteiger partial charge in [-0.15, -0.1) is 0 Å². The summed E-state index contributed by atoms with van der Waals surface area (Å²) in [6.45, 7) is 5.49. The van der Waals surface area contributed by atoms with E-state index in [0.717, 1.165) is 18.2 Å². The van der Waals surface area contributed by atoms with Gasteiger partial charge < -0.3 is 5.32 Å². The molecule has 1 heterocycles. The van der Waals surface area contributed by atoms with Crippen molar-refractivity contribution >= 4 is 5.69 Å². The van der Waals surface area contributed by atoms with Crippen LogP contribution in [0, 0.1) is 5.92 Å². The molecule has 0 fully saturated rings. The van der Waals surface area contributed by atoms with Crippen molar-refractivity contribution in [2.45, 2.75) is 20.3 Å². The van der Waals surface area contributed by atoms with E-state index in [0.29, 0.717) is 0 Å². The SMILES string of the molecule is CC(C)CCNc1cccnc1. The van der Waals surface area contributed by atoms with Crippen molar-refractivity contribution in [1.29, 1.82) is 0 Å². The quantitative estimate of drug-likeness (QED) is 0.739. The van der Waals surface area contributed by atoms with E-state index >= 15 is 0 Å². The molecule has 0 atom stereocenters. The second kappa shape index (κ2) is 4.75. The lowest BCUT2D eigenvalue weighted by molar-refractivity contribution is 0.607. The molecule has 12 heavy (non-hydrogen) atoms. The van der Waals surface area contributed by atoms with Gasteiger partial charge in [0.25, 0.3) is 0 Å². The van der Waals surface area contributed by atoms with Crippen LogP contribution in [-0.4, -0.2) is 11.5 Å². The van der Waals surface area contributed by atoms with Crippen LogP contribution < -0.4 is 5.32 Å². The Morgan fingerprint density at radius 3 is 2.92 bits per heavy atom. The minimum Gasteiger partial charge on any atom is -0.384 e. The molecule has 0 aliphatic carbocycles. The van der Waals surface area contributed by atoms with E-state index in [1.165, 1.54) is 6.42 Å².